The predicted molar refractivity (Wildman–Crippen MR) is 58.6 cm³/mol. The average molecular weight is 229 g/mol. The van der Waals surface area contributed by atoms with E-state index in [-0.39, 0.29) is 0 Å². The lowest BCUT2D eigenvalue weighted by atomic mass is 10.1. The number of rotatable bonds is 4. The summed E-state index contributed by atoms with van der Waals surface area (Å²) in [7, 11) is 0.432. The van der Waals surface area contributed by atoms with Crippen LogP contribution in [0.4, 0.5) is 0 Å². The van der Waals surface area contributed by atoms with Gasteiger partial charge in [0.1, 0.15) is 0 Å². The van der Waals surface area contributed by atoms with Crippen LogP contribution in [0.15, 0.2) is 29.2 Å². The van der Waals surface area contributed by atoms with E-state index in [0.29, 0.717) is 16.2 Å². The summed E-state index contributed by atoms with van der Waals surface area (Å²) in [5, 5.41) is 21.3. The van der Waals surface area contributed by atoms with Gasteiger partial charge in [-0.25, -0.2) is 0 Å². The fourth-order valence-corrected chi connectivity index (χ4v) is 1.92. The molecule has 1 aromatic rings. The number of hydrogen-bond acceptors (Lipinski definition) is 4. The maximum atomic E-state index is 11.4. The Balaban J connectivity index is 2.95. The van der Waals surface area contributed by atoms with E-state index in [4.69, 9.17) is 0 Å². The lowest BCUT2D eigenvalue weighted by Crippen LogP contribution is -2.39. The van der Waals surface area contributed by atoms with Crippen molar-refractivity contribution >= 4 is 10.8 Å². The van der Waals surface area contributed by atoms with Crippen molar-refractivity contribution in [1.82, 2.24) is 5.32 Å². The van der Waals surface area contributed by atoms with E-state index in [0.717, 1.165) is 0 Å². The van der Waals surface area contributed by atoms with Crippen LogP contribution >= 0.6 is 0 Å². The van der Waals surface area contributed by atoms with Crippen LogP contribution < -0.4 is 5.32 Å². The van der Waals surface area contributed by atoms with Crippen molar-refractivity contribution in [3.63, 3.8) is 0 Å². The number of benzene rings is 1. The molecule has 1 unspecified atom stereocenters. The molecule has 0 spiro atoms. The quantitative estimate of drug-likeness (QED) is 0.642. The zero-order valence-corrected chi connectivity index (χ0v) is 9.54. The van der Waals surface area contributed by atoms with Gasteiger partial charge in [-0.15, -0.1) is 0 Å². The summed E-state index contributed by atoms with van der Waals surface area (Å²) in [6.45, 7) is 1.83. The van der Waals surface area contributed by atoms with E-state index < -0.39 is 16.7 Å². The van der Waals surface area contributed by atoms with Crippen molar-refractivity contribution in [2.75, 3.05) is 12.8 Å². The fraction of sp³-hybridized carbons (Fsp3) is 0.400. The van der Waals surface area contributed by atoms with Crippen molar-refractivity contribution in [2.45, 2.75) is 17.7 Å². The summed E-state index contributed by atoms with van der Waals surface area (Å²) in [5.74, 6) is -1.49. The summed E-state index contributed by atoms with van der Waals surface area (Å²) < 4.78 is 11.4. The SMILES string of the molecule is CCS(=O)c1ccc(C(O)(O)NC)cc1. The normalized spacial score (nSPS) is 13.9. The third kappa shape index (κ3) is 2.85. The Morgan fingerprint density at radius 3 is 2.27 bits per heavy atom. The first-order valence-corrected chi connectivity index (χ1v) is 5.95. The van der Waals surface area contributed by atoms with Gasteiger partial charge in [0.25, 0.3) is 0 Å². The molecule has 0 fully saturated rings. The molecule has 0 aliphatic heterocycles. The van der Waals surface area contributed by atoms with Crippen LogP contribution in [0.5, 0.6) is 0 Å². The van der Waals surface area contributed by atoms with E-state index >= 15 is 0 Å². The molecule has 15 heavy (non-hydrogen) atoms. The van der Waals surface area contributed by atoms with Gasteiger partial charge in [-0.3, -0.25) is 9.53 Å². The molecular weight excluding hydrogens is 214 g/mol. The third-order valence-electron chi connectivity index (χ3n) is 2.13. The third-order valence-corrected chi connectivity index (χ3v) is 3.45. The summed E-state index contributed by atoms with van der Waals surface area (Å²) in [5.41, 5.74) is 0.321. The van der Waals surface area contributed by atoms with Gasteiger partial charge >= 0.3 is 0 Å². The highest BCUT2D eigenvalue weighted by molar-refractivity contribution is 7.85. The molecule has 1 rings (SSSR count). The number of aliphatic hydroxyl groups is 2. The van der Waals surface area contributed by atoms with Crippen LogP contribution in [0.25, 0.3) is 0 Å². The maximum absolute atomic E-state index is 11.4. The highest BCUT2D eigenvalue weighted by atomic mass is 32.2. The van der Waals surface area contributed by atoms with Crippen molar-refractivity contribution in [3.05, 3.63) is 29.8 Å². The van der Waals surface area contributed by atoms with E-state index in [1.54, 1.807) is 24.3 Å². The summed E-state index contributed by atoms with van der Waals surface area (Å²) >= 11 is 0. The Hall–Kier alpha value is -0.750. The fourth-order valence-electron chi connectivity index (χ4n) is 1.15. The Labute approximate surface area is 91.4 Å². The topological polar surface area (TPSA) is 69.6 Å². The van der Waals surface area contributed by atoms with E-state index in [9.17, 15) is 14.4 Å². The second kappa shape index (κ2) is 4.85. The highest BCUT2D eigenvalue weighted by Gasteiger charge is 2.22. The molecule has 0 aliphatic carbocycles. The van der Waals surface area contributed by atoms with Crippen LogP contribution in [-0.4, -0.2) is 27.2 Å². The first-order chi connectivity index (χ1) is 7.01. The molecule has 0 radical (unpaired) electrons. The largest absolute Gasteiger partial charge is 0.350 e. The predicted octanol–water partition coefficient (Wildman–Crippen LogP) is 0.128. The molecule has 0 heterocycles. The molecule has 0 bridgehead atoms. The second-order valence-electron chi connectivity index (χ2n) is 3.08. The van der Waals surface area contributed by atoms with Crippen LogP contribution in [0.1, 0.15) is 12.5 Å². The molecule has 84 valence electrons. The molecule has 0 amide bonds. The first-order valence-electron chi connectivity index (χ1n) is 4.64. The minimum absolute atomic E-state index is 0.321. The lowest BCUT2D eigenvalue weighted by molar-refractivity contribution is -0.190. The van der Waals surface area contributed by atoms with E-state index in [1.807, 2.05) is 6.92 Å². The van der Waals surface area contributed by atoms with Gasteiger partial charge in [0, 0.05) is 16.2 Å². The van der Waals surface area contributed by atoms with Crippen LogP contribution in [-0.2, 0) is 16.7 Å². The molecule has 0 aliphatic rings. The zero-order chi connectivity index (χ0) is 11.5. The molecule has 3 N–H and O–H groups in total. The molecule has 5 heteroatoms. The summed E-state index contributed by atoms with van der Waals surface area (Å²) in [6, 6.07) is 6.35. The van der Waals surface area contributed by atoms with Gasteiger partial charge in [-0.05, 0) is 19.2 Å². The van der Waals surface area contributed by atoms with Gasteiger partial charge in [0.05, 0.1) is 10.8 Å². The van der Waals surface area contributed by atoms with Gasteiger partial charge in [0.2, 0.25) is 5.91 Å². The molecule has 0 aromatic heterocycles. The average Bonchev–Trinajstić information content (AvgIpc) is 2.28. The van der Waals surface area contributed by atoms with Gasteiger partial charge < -0.3 is 10.2 Å². The van der Waals surface area contributed by atoms with Crippen molar-refractivity contribution in [2.24, 2.45) is 0 Å². The van der Waals surface area contributed by atoms with Crippen LogP contribution in [0.2, 0.25) is 0 Å². The summed E-state index contributed by atoms with van der Waals surface area (Å²) in [6.07, 6.45) is 0. The summed E-state index contributed by atoms with van der Waals surface area (Å²) in [4.78, 5) is 0.688. The van der Waals surface area contributed by atoms with Crippen molar-refractivity contribution in [1.29, 1.82) is 0 Å². The Kier molecular flexibility index (Phi) is 3.98. The lowest BCUT2D eigenvalue weighted by Gasteiger charge is -2.20. The molecule has 0 saturated carbocycles. The number of hydrogen-bond donors (Lipinski definition) is 3. The van der Waals surface area contributed by atoms with Crippen molar-refractivity contribution < 1.29 is 14.4 Å². The minimum atomic E-state index is -2.04. The molecule has 4 nitrogen and oxygen atoms in total. The molecular formula is C10H15NO3S. The van der Waals surface area contributed by atoms with Gasteiger partial charge in [0.15, 0.2) is 0 Å². The van der Waals surface area contributed by atoms with E-state index in [2.05, 4.69) is 5.32 Å². The van der Waals surface area contributed by atoms with Crippen LogP contribution in [0.3, 0.4) is 0 Å². The first kappa shape index (κ1) is 12.3. The molecule has 1 aromatic carbocycles. The van der Waals surface area contributed by atoms with Gasteiger partial charge in [-0.1, -0.05) is 19.1 Å². The van der Waals surface area contributed by atoms with Crippen LogP contribution in [0, 0.1) is 0 Å². The smallest absolute Gasteiger partial charge is 0.250 e. The van der Waals surface area contributed by atoms with Crippen molar-refractivity contribution in [3.8, 4) is 0 Å². The maximum Gasteiger partial charge on any atom is 0.250 e. The highest BCUT2D eigenvalue weighted by Crippen LogP contribution is 2.16. The molecule has 0 saturated heterocycles. The van der Waals surface area contributed by atoms with Gasteiger partial charge in [-0.2, -0.15) is 0 Å². The standard InChI is InChI=1S/C10H15NO3S/c1-3-15(14)9-6-4-8(5-7-9)10(12,13)11-2/h4-7,11-13H,3H2,1-2H3. The minimum Gasteiger partial charge on any atom is -0.350 e. The number of nitrogens with one attached hydrogen (secondary N) is 1. The Bertz CT molecular complexity index is 348. The second-order valence-corrected chi connectivity index (χ2v) is 4.82. The monoisotopic (exact) mass is 229 g/mol. The van der Waals surface area contributed by atoms with E-state index in [1.165, 1.54) is 7.05 Å². The molecule has 1 atom stereocenters. The zero-order valence-electron chi connectivity index (χ0n) is 8.73. The Morgan fingerprint density at radius 1 is 1.33 bits per heavy atom. The Morgan fingerprint density at radius 2 is 1.87 bits per heavy atom.